The van der Waals surface area contributed by atoms with Gasteiger partial charge in [-0.25, -0.2) is 4.68 Å². The first-order valence-corrected chi connectivity index (χ1v) is 5.75. The van der Waals surface area contributed by atoms with E-state index in [0.29, 0.717) is 6.54 Å². The topological polar surface area (TPSA) is 46.9 Å². The van der Waals surface area contributed by atoms with Gasteiger partial charge in [0.25, 0.3) is 0 Å². The summed E-state index contributed by atoms with van der Waals surface area (Å²) in [6, 6.07) is 11.6. The van der Waals surface area contributed by atoms with E-state index in [2.05, 4.69) is 10.4 Å². The molecule has 2 rings (SSSR count). The van der Waals surface area contributed by atoms with Crippen molar-refractivity contribution in [3.05, 3.63) is 48.3 Å². The number of hydrogen-bond acceptors (Lipinski definition) is 2. The molecule has 0 radical (unpaired) electrons. The van der Waals surface area contributed by atoms with Crippen LogP contribution in [0.1, 0.15) is 5.69 Å². The molecule has 0 saturated carbocycles. The third-order valence-corrected chi connectivity index (χ3v) is 2.50. The zero-order valence-corrected chi connectivity index (χ0v) is 9.89. The Morgan fingerprint density at radius 3 is 2.76 bits per heavy atom. The van der Waals surface area contributed by atoms with Gasteiger partial charge in [-0.1, -0.05) is 18.2 Å². The maximum absolute atomic E-state index is 11.0. The van der Waals surface area contributed by atoms with E-state index in [9.17, 15) is 4.79 Å². The number of nitrogens with one attached hydrogen (secondary N) is 1. The number of rotatable bonds is 4. The fourth-order valence-corrected chi connectivity index (χ4v) is 1.51. The second-order valence-corrected chi connectivity index (χ2v) is 3.76. The first-order chi connectivity index (χ1) is 8.29. The molecule has 0 fully saturated rings. The lowest BCUT2D eigenvalue weighted by Crippen LogP contribution is -2.23. The van der Waals surface area contributed by atoms with Crippen LogP contribution in [0, 0.1) is 0 Å². The number of nitrogens with zero attached hydrogens (tertiary/aromatic N) is 2. The van der Waals surface area contributed by atoms with E-state index in [1.54, 1.807) is 4.68 Å². The van der Waals surface area contributed by atoms with E-state index in [1.807, 2.05) is 42.6 Å². The second-order valence-electron chi connectivity index (χ2n) is 3.50. The fourth-order valence-electron chi connectivity index (χ4n) is 1.42. The van der Waals surface area contributed by atoms with Gasteiger partial charge in [-0.15, -0.1) is 11.6 Å². The Morgan fingerprint density at radius 2 is 2.06 bits per heavy atom. The quantitative estimate of drug-likeness (QED) is 0.839. The molecule has 0 saturated heterocycles. The van der Waals surface area contributed by atoms with Gasteiger partial charge < -0.3 is 5.32 Å². The maximum Gasteiger partial charge on any atom is 0.235 e. The van der Waals surface area contributed by atoms with Crippen LogP contribution in [0.3, 0.4) is 0 Å². The lowest BCUT2D eigenvalue weighted by Gasteiger charge is -2.01. The lowest BCUT2D eigenvalue weighted by molar-refractivity contribution is -0.118. The minimum atomic E-state index is -0.194. The third kappa shape index (κ3) is 3.07. The van der Waals surface area contributed by atoms with Crippen LogP contribution in [0.2, 0.25) is 0 Å². The Balaban J connectivity index is 2.04. The van der Waals surface area contributed by atoms with Crippen molar-refractivity contribution in [2.45, 2.75) is 6.54 Å². The van der Waals surface area contributed by atoms with Gasteiger partial charge in [0.15, 0.2) is 0 Å². The Bertz CT molecular complexity index is 495. The predicted molar refractivity (Wildman–Crippen MR) is 66.1 cm³/mol. The smallest absolute Gasteiger partial charge is 0.235 e. The van der Waals surface area contributed by atoms with Gasteiger partial charge >= 0.3 is 0 Å². The van der Waals surface area contributed by atoms with Crippen LogP contribution < -0.4 is 5.32 Å². The van der Waals surface area contributed by atoms with E-state index in [0.717, 1.165) is 11.4 Å². The molecule has 1 aromatic heterocycles. The number of hydrogen-bond donors (Lipinski definition) is 1. The number of amides is 1. The predicted octanol–water partition coefficient (Wildman–Crippen LogP) is 1.73. The van der Waals surface area contributed by atoms with Gasteiger partial charge in [0, 0.05) is 6.20 Å². The largest absolute Gasteiger partial charge is 0.349 e. The number of carbonyl (C=O) groups excluding carboxylic acids is 1. The molecule has 5 heteroatoms. The molecule has 2 aromatic rings. The summed E-state index contributed by atoms with van der Waals surface area (Å²) >= 11 is 5.38. The maximum atomic E-state index is 11.0. The average molecular weight is 250 g/mol. The fraction of sp³-hybridized carbons (Fsp3) is 0.167. The zero-order chi connectivity index (χ0) is 12.1. The van der Waals surface area contributed by atoms with Gasteiger partial charge in [0.2, 0.25) is 5.91 Å². The molecule has 4 nitrogen and oxygen atoms in total. The van der Waals surface area contributed by atoms with Crippen LogP contribution >= 0.6 is 11.6 Å². The molecule has 17 heavy (non-hydrogen) atoms. The third-order valence-electron chi connectivity index (χ3n) is 2.25. The van der Waals surface area contributed by atoms with Crippen molar-refractivity contribution in [2.75, 3.05) is 5.88 Å². The average Bonchev–Trinajstić information content (AvgIpc) is 2.86. The summed E-state index contributed by atoms with van der Waals surface area (Å²) < 4.78 is 1.77. The first kappa shape index (κ1) is 11.7. The Morgan fingerprint density at radius 1 is 1.29 bits per heavy atom. The summed E-state index contributed by atoms with van der Waals surface area (Å²) in [7, 11) is 0. The van der Waals surface area contributed by atoms with Crippen LogP contribution in [-0.2, 0) is 11.3 Å². The van der Waals surface area contributed by atoms with E-state index in [-0.39, 0.29) is 11.8 Å². The molecule has 1 aromatic carbocycles. The molecule has 1 N–H and O–H groups in total. The molecule has 0 aliphatic carbocycles. The monoisotopic (exact) mass is 249 g/mol. The highest BCUT2D eigenvalue weighted by atomic mass is 35.5. The van der Waals surface area contributed by atoms with Gasteiger partial charge in [-0.2, -0.15) is 5.10 Å². The summed E-state index contributed by atoms with van der Waals surface area (Å²) in [6.07, 6.45) is 1.86. The zero-order valence-electron chi connectivity index (χ0n) is 9.14. The van der Waals surface area contributed by atoms with E-state index >= 15 is 0 Å². The number of para-hydroxylation sites is 1. The van der Waals surface area contributed by atoms with Crippen molar-refractivity contribution >= 4 is 17.5 Å². The van der Waals surface area contributed by atoms with Gasteiger partial charge in [0.1, 0.15) is 5.88 Å². The van der Waals surface area contributed by atoms with E-state index in [1.165, 1.54) is 0 Å². The van der Waals surface area contributed by atoms with E-state index in [4.69, 9.17) is 11.6 Å². The number of aromatic nitrogens is 2. The molecule has 0 unspecified atom stereocenters. The van der Waals surface area contributed by atoms with Crippen molar-refractivity contribution in [3.63, 3.8) is 0 Å². The minimum absolute atomic E-state index is 0.0284. The van der Waals surface area contributed by atoms with Gasteiger partial charge in [-0.05, 0) is 18.2 Å². The molecule has 1 amide bonds. The van der Waals surface area contributed by atoms with Crippen molar-refractivity contribution in [3.8, 4) is 5.69 Å². The first-order valence-electron chi connectivity index (χ1n) is 5.22. The molecule has 0 bridgehead atoms. The van der Waals surface area contributed by atoms with Crippen LogP contribution in [0.5, 0.6) is 0 Å². The summed E-state index contributed by atoms with van der Waals surface area (Å²) in [6.45, 7) is 0.394. The van der Waals surface area contributed by atoms with Crippen molar-refractivity contribution in [1.82, 2.24) is 15.1 Å². The normalized spacial score (nSPS) is 10.2. The molecule has 88 valence electrons. The standard InChI is InChI=1S/C12H12ClN3O/c13-8-12(17)14-9-10-6-7-16(15-10)11-4-2-1-3-5-11/h1-7H,8-9H2,(H,14,17). The Hall–Kier alpha value is -1.81. The summed E-state index contributed by atoms with van der Waals surface area (Å²) in [5, 5.41) is 7.01. The highest BCUT2D eigenvalue weighted by molar-refractivity contribution is 6.27. The van der Waals surface area contributed by atoms with Crippen LogP contribution in [0.4, 0.5) is 0 Å². The number of alkyl halides is 1. The van der Waals surface area contributed by atoms with Crippen LogP contribution in [0.15, 0.2) is 42.6 Å². The Labute approximate surface area is 104 Å². The molecular formula is C12H12ClN3O. The highest BCUT2D eigenvalue weighted by Gasteiger charge is 2.02. The summed E-state index contributed by atoms with van der Waals surface area (Å²) in [5.74, 6) is -0.222. The minimum Gasteiger partial charge on any atom is -0.349 e. The highest BCUT2D eigenvalue weighted by Crippen LogP contribution is 2.06. The summed E-state index contributed by atoms with van der Waals surface area (Å²) in [5.41, 5.74) is 1.79. The molecule has 0 atom stereocenters. The lowest BCUT2D eigenvalue weighted by atomic mass is 10.3. The van der Waals surface area contributed by atoms with Crippen LogP contribution in [0.25, 0.3) is 5.69 Å². The van der Waals surface area contributed by atoms with Gasteiger partial charge in [0.05, 0.1) is 17.9 Å². The molecule has 0 aliphatic rings. The SMILES string of the molecule is O=C(CCl)NCc1ccn(-c2ccccc2)n1. The number of halogens is 1. The van der Waals surface area contributed by atoms with E-state index < -0.39 is 0 Å². The number of benzene rings is 1. The van der Waals surface area contributed by atoms with Crippen LogP contribution in [-0.4, -0.2) is 21.6 Å². The van der Waals surface area contributed by atoms with Crippen molar-refractivity contribution < 1.29 is 4.79 Å². The number of carbonyl (C=O) groups is 1. The molecule has 1 heterocycles. The molecule has 0 spiro atoms. The molecular weight excluding hydrogens is 238 g/mol. The van der Waals surface area contributed by atoms with Crippen molar-refractivity contribution in [2.24, 2.45) is 0 Å². The Kier molecular flexibility index (Phi) is 3.77. The summed E-state index contributed by atoms with van der Waals surface area (Å²) in [4.78, 5) is 11.0. The van der Waals surface area contributed by atoms with Gasteiger partial charge in [-0.3, -0.25) is 4.79 Å². The van der Waals surface area contributed by atoms with Crippen molar-refractivity contribution in [1.29, 1.82) is 0 Å². The molecule has 0 aliphatic heterocycles. The second kappa shape index (κ2) is 5.50.